The van der Waals surface area contributed by atoms with Crippen molar-refractivity contribution in [1.29, 1.82) is 0 Å². The first kappa shape index (κ1) is 14.4. The summed E-state index contributed by atoms with van der Waals surface area (Å²) >= 11 is 3.18. The lowest BCUT2D eigenvalue weighted by molar-refractivity contribution is 0.530. The first-order valence-corrected chi connectivity index (χ1v) is 7.61. The standard InChI is InChI=1S/C10H16BrN3O2S/c1-3-8(4-2)14-17(15,16)9-5-7(11)6-13-10(9)12/h5-6,8,14H,3-4H2,1-2H3,(H2,12,13). The van der Waals surface area contributed by atoms with Crippen molar-refractivity contribution in [3.05, 3.63) is 16.7 Å². The molecule has 0 radical (unpaired) electrons. The Kier molecular flexibility index (Phi) is 4.91. The number of nitrogens with two attached hydrogens (primary N) is 1. The maximum atomic E-state index is 12.1. The van der Waals surface area contributed by atoms with Crippen LogP contribution in [0.5, 0.6) is 0 Å². The number of rotatable bonds is 5. The molecular formula is C10H16BrN3O2S. The minimum Gasteiger partial charge on any atom is -0.383 e. The number of hydrogen-bond acceptors (Lipinski definition) is 4. The molecule has 0 bridgehead atoms. The summed E-state index contributed by atoms with van der Waals surface area (Å²) in [5.41, 5.74) is 5.58. The van der Waals surface area contributed by atoms with Crippen LogP contribution in [0.15, 0.2) is 21.6 Å². The lowest BCUT2D eigenvalue weighted by Gasteiger charge is -2.15. The second kappa shape index (κ2) is 5.79. The molecule has 0 aromatic carbocycles. The average Bonchev–Trinajstić information content (AvgIpc) is 2.29. The van der Waals surface area contributed by atoms with Crippen LogP contribution in [0.2, 0.25) is 0 Å². The predicted octanol–water partition coefficient (Wildman–Crippen LogP) is 1.89. The van der Waals surface area contributed by atoms with Crippen LogP contribution < -0.4 is 10.5 Å². The number of anilines is 1. The maximum Gasteiger partial charge on any atom is 0.244 e. The first-order valence-electron chi connectivity index (χ1n) is 5.34. The van der Waals surface area contributed by atoms with E-state index in [1.807, 2.05) is 13.8 Å². The molecule has 0 amide bonds. The number of nitrogens with zero attached hydrogens (tertiary/aromatic N) is 1. The minimum atomic E-state index is -3.60. The molecule has 1 rings (SSSR count). The Hall–Kier alpha value is -0.660. The molecule has 7 heteroatoms. The number of nitrogen functional groups attached to an aromatic ring is 1. The normalized spacial score (nSPS) is 12.0. The fourth-order valence-corrected chi connectivity index (χ4v) is 3.38. The molecule has 0 spiro atoms. The summed E-state index contributed by atoms with van der Waals surface area (Å²) in [7, 11) is -3.60. The highest BCUT2D eigenvalue weighted by molar-refractivity contribution is 9.10. The SMILES string of the molecule is CCC(CC)NS(=O)(=O)c1cc(Br)cnc1N. The summed E-state index contributed by atoms with van der Waals surface area (Å²) in [4.78, 5) is 3.83. The number of halogens is 1. The van der Waals surface area contributed by atoms with Crippen molar-refractivity contribution in [3.63, 3.8) is 0 Å². The fraction of sp³-hybridized carbons (Fsp3) is 0.500. The molecule has 0 saturated carbocycles. The molecule has 1 heterocycles. The molecule has 96 valence electrons. The molecule has 0 aliphatic heterocycles. The number of nitrogens with one attached hydrogen (secondary N) is 1. The van der Waals surface area contributed by atoms with Gasteiger partial charge in [-0.1, -0.05) is 13.8 Å². The summed E-state index contributed by atoms with van der Waals surface area (Å²) in [6.07, 6.45) is 2.93. The van der Waals surface area contributed by atoms with E-state index >= 15 is 0 Å². The zero-order chi connectivity index (χ0) is 13.1. The van der Waals surface area contributed by atoms with Gasteiger partial charge < -0.3 is 5.73 Å². The molecule has 0 fully saturated rings. The van der Waals surface area contributed by atoms with Crippen LogP contribution in [0.1, 0.15) is 26.7 Å². The van der Waals surface area contributed by atoms with Gasteiger partial charge in [0.05, 0.1) is 0 Å². The third kappa shape index (κ3) is 3.65. The van der Waals surface area contributed by atoms with Crippen LogP contribution in [0.4, 0.5) is 5.82 Å². The second-order valence-electron chi connectivity index (χ2n) is 3.67. The van der Waals surface area contributed by atoms with Crippen molar-refractivity contribution >= 4 is 31.8 Å². The van der Waals surface area contributed by atoms with Gasteiger partial charge in [-0.15, -0.1) is 0 Å². The van der Waals surface area contributed by atoms with E-state index in [0.717, 1.165) is 12.8 Å². The van der Waals surface area contributed by atoms with Gasteiger partial charge in [0.15, 0.2) is 0 Å². The quantitative estimate of drug-likeness (QED) is 0.867. The van der Waals surface area contributed by atoms with Crippen LogP contribution >= 0.6 is 15.9 Å². The highest BCUT2D eigenvalue weighted by atomic mass is 79.9. The largest absolute Gasteiger partial charge is 0.383 e. The molecule has 0 aliphatic carbocycles. The Labute approximate surface area is 110 Å². The lowest BCUT2D eigenvalue weighted by Crippen LogP contribution is -2.34. The zero-order valence-corrected chi connectivity index (χ0v) is 12.2. The van der Waals surface area contributed by atoms with Crippen LogP contribution in [0.25, 0.3) is 0 Å². The minimum absolute atomic E-state index is 0.00616. The zero-order valence-electron chi connectivity index (χ0n) is 9.77. The third-order valence-electron chi connectivity index (χ3n) is 2.45. The van der Waals surface area contributed by atoms with Crippen molar-refractivity contribution in [3.8, 4) is 0 Å². The predicted molar refractivity (Wildman–Crippen MR) is 71.0 cm³/mol. The summed E-state index contributed by atoms with van der Waals surface area (Å²) in [5, 5.41) is 0. The summed E-state index contributed by atoms with van der Waals surface area (Å²) in [6.45, 7) is 3.86. The van der Waals surface area contributed by atoms with E-state index in [-0.39, 0.29) is 16.8 Å². The second-order valence-corrected chi connectivity index (χ2v) is 6.27. The topological polar surface area (TPSA) is 85.1 Å². The molecule has 1 aromatic rings. The van der Waals surface area contributed by atoms with Gasteiger partial charge in [0.25, 0.3) is 0 Å². The van der Waals surface area contributed by atoms with Gasteiger partial charge in [-0.25, -0.2) is 18.1 Å². The van der Waals surface area contributed by atoms with Gasteiger partial charge in [-0.3, -0.25) is 0 Å². The number of sulfonamides is 1. The number of pyridine rings is 1. The Morgan fingerprint density at radius 3 is 2.59 bits per heavy atom. The van der Waals surface area contributed by atoms with Crippen LogP contribution in [-0.2, 0) is 10.0 Å². The van der Waals surface area contributed by atoms with Crippen molar-refractivity contribution in [2.45, 2.75) is 37.6 Å². The molecule has 0 atom stereocenters. The van der Waals surface area contributed by atoms with Crippen molar-refractivity contribution in [2.75, 3.05) is 5.73 Å². The molecule has 1 aromatic heterocycles. The maximum absolute atomic E-state index is 12.1. The van der Waals surface area contributed by atoms with E-state index in [9.17, 15) is 8.42 Å². The van der Waals surface area contributed by atoms with Crippen LogP contribution in [0.3, 0.4) is 0 Å². The monoisotopic (exact) mass is 321 g/mol. The van der Waals surface area contributed by atoms with Crippen molar-refractivity contribution in [2.24, 2.45) is 0 Å². The molecule has 5 nitrogen and oxygen atoms in total. The third-order valence-corrected chi connectivity index (χ3v) is 4.43. The smallest absolute Gasteiger partial charge is 0.244 e. The Morgan fingerprint density at radius 1 is 1.47 bits per heavy atom. The Bertz CT molecular complexity index is 486. The lowest BCUT2D eigenvalue weighted by atomic mass is 10.2. The average molecular weight is 322 g/mol. The summed E-state index contributed by atoms with van der Waals surface area (Å²) in [6, 6.07) is 1.37. The van der Waals surface area contributed by atoms with Crippen LogP contribution in [-0.4, -0.2) is 19.4 Å². The van der Waals surface area contributed by atoms with E-state index in [4.69, 9.17) is 5.73 Å². The van der Waals surface area contributed by atoms with Gasteiger partial charge in [0.1, 0.15) is 10.7 Å². The van der Waals surface area contributed by atoms with Crippen LogP contribution in [0, 0.1) is 0 Å². The van der Waals surface area contributed by atoms with Crippen molar-refractivity contribution in [1.82, 2.24) is 9.71 Å². The molecule has 0 unspecified atom stereocenters. The molecule has 0 aliphatic rings. The highest BCUT2D eigenvalue weighted by Gasteiger charge is 2.21. The van der Waals surface area contributed by atoms with E-state index in [1.54, 1.807) is 0 Å². The molecule has 17 heavy (non-hydrogen) atoms. The number of aromatic nitrogens is 1. The molecule has 3 N–H and O–H groups in total. The van der Waals surface area contributed by atoms with Gasteiger partial charge in [0, 0.05) is 16.7 Å². The fourth-order valence-electron chi connectivity index (χ4n) is 1.38. The van der Waals surface area contributed by atoms with Gasteiger partial charge >= 0.3 is 0 Å². The Morgan fingerprint density at radius 2 is 2.06 bits per heavy atom. The van der Waals surface area contributed by atoms with E-state index in [2.05, 4.69) is 25.6 Å². The summed E-state index contributed by atoms with van der Waals surface area (Å²) < 4.78 is 27.4. The first-order chi connectivity index (χ1) is 7.90. The van der Waals surface area contributed by atoms with Gasteiger partial charge in [-0.2, -0.15) is 0 Å². The Balaban J connectivity index is 3.09. The number of hydrogen-bond donors (Lipinski definition) is 2. The van der Waals surface area contributed by atoms with Gasteiger partial charge in [0.2, 0.25) is 10.0 Å². The summed E-state index contributed by atoms with van der Waals surface area (Å²) in [5.74, 6) is 0.00616. The van der Waals surface area contributed by atoms with E-state index in [0.29, 0.717) is 4.47 Å². The van der Waals surface area contributed by atoms with Gasteiger partial charge in [-0.05, 0) is 34.8 Å². The van der Waals surface area contributed by atoms with E-state index in [1.165, 1.54) is 12.3 Å². The van der Waals surface area contributed by atoms with Crippen molar-refractivity contribution < 1.29 is 8.42 Å². The van der Waals surface area contributed by atoms with E-state index < -0.39 is 10.0 Å². The highest BCUT2D eigenvalue weighted by Crippen LogP contribution is 2.21. The molecular weight excluding hydrogens is 306 g/mol. The molecule has 0 saturated heterocycles.